The molecule has 0 aromatic rings. The van der Waals surface area contributed by atoms with Crippen molar-refractivity contribution in [1.29, 1.82) is 0 Å². The molecular formula is C15H28O4. The third-order valence-corrected chi connectivity index (χ3v) is 5.93. The maximum atomic E-state index is 10.7. The van der Waals surface area contributed by atoms with E-state index in [4.69, 9.17) is 0 Å². The van der Waals surface area contributed by atoms with Crippen LogP contribution in [0.1, 0.15) is 53.4 Å². The van der Waals surface area contributed by atoms with Crippen LogP contribution in [-0.2, 0) is 0 Å². The smallest absolute Gasteiger partial charge is 0.0912 e. The highest BCUT2D eigenvalue weighted by Gasteiger charge is 2.59. The summed E-state index contributed by atoms with van der Waals surface area (Å²) in [5.74, 6) is -0.0986. The highest BCUT2D eigenvalue weighted by Crippen LogP contribution is 2.56. The Morgan fingerprint density at radius 2 is 1.63 bits per heavy atom. The zero-order valence-electron chi connectivity index (χ0n) is 12.4. The Hall–Kier alpha value is -0.160. The predicted octanol–water partition coefficient (Wildman–Crippen LogP) is 1.06. The van der Waals surface area contributed by atoms with E-state index in [0.29, 0.717) is 6.42 Å². The molecule has 0 amide bonds. The molecule has 4 nitrogen and oxygen atoms in total. The molecule has 0 bridgehead atoms. The molecule has 4 N–H and O–H groups in total. The molecule has 112 valence electrons. The van der Waals surface area contributed by atoms with Crippen molar-refractivity contribution < 1.29 is 20.4 Å². The molecule has 0 aromatic heterocycles. The van der Waals surface area contributed by atoms with Crippen LogP contribution >= 0.6 is 0 Å². The van der Waals surface area contributed by atoms with Gasteiger partial charge in [-0.25, -0.2) is 0 Å². The molecule has 4 heteroatoms. The van der Waals surface area contributed by atoms with Gasteiger partial charge in [0.05, 0.1) is 23.4 Å². The summed E-state index contributed by atoms with van der Waals surface area (Å²) in [6, 6.07) is 0. The first-order valence-corrected chi connectivity index (χ1v) is 7.30. The zero-order valence-corrected chi connectivity index (χ0v) is 12.4. The Bertz CT molecular complexity index is 347. The minimum absolute atomic E-state index is 0.0922. The van der Waals surface area contributed by atoms with E-state index in [2.05, 4.69) is 0 Å². The van der Waals surface area contributed by atoms with Crippen molar-refractivity contribution in [1.82, 2.24) is 0 Å². The number of hydrogen-bond acceptors (Lipinski definition) is 4. The van der Waals surface area contributed by atoms with Crippen molar-refractivity contribution in [3.8, 4) is 0 Å². The average Bonchev–Trinajstić information content (AvgIpc) is 2.25. The summed E-state index contributed by atoms with van der Waals surface area (Å²) in [4.78, 5) is 0. The molecule has 2 rings (SSSR count). The Morgan fingerprint density at radius 3 is 2.16 bits per heavy atom. The SMILES string of the molecule is CC(C)(O)[C@@H]1CC[C@@]2(C)[C@H](C1)[C@@](C)(O)[C@H](O)C[C@@H]2O. The van der Waals surface area contributed by atoms with Gasteiger partial charge in [0.2, 0.25) is 0 Å². The molecular weight excluding hydrogens is 244 g/mol. The van der Waals surface area contributed by atoms with E-state index in [0.717, 1.165) is 12.8 Å². The van der Waals surface area contributed by atoms with Crippen LogP contribution < -0.4 is 0 Å². The molecule has 0 unspecified atom stereocenters. The van der Waals surface area contributed by atoms with Gasteiger partial charge in [-0.3, -0.25) is 0 Å². The molecule has 2 aliphatic carbocycles. The molecule has 6 atom stereocenters. The van der Waals surface area contributed by atoms with Crippen LogP contribution in [0.2, 0.25) is 0 Å². The lowest BCUT2D eigenvalue weighted by Gasteiger charge is -2.58. The van der Waals surface area contributed by atoms with Crippen molar-refractivity contribution in [2.24, 2.45) is 17.3 Å². The molecule has 0 spiro atoms. The third-order valence-electron chi connectivity index (χ3n) is 5.93. The lowest BCUT2D eigenvalue weighted by atomic mass is 9.50. The minimum Gasteiger partial charge on any atom is -0.392 e. The van der Waals surface area contributed by atoms with Gasteiger partial charge in [-0.1, -0.05) is 6.92 Å². The number of aliphatic hydroxyl groups excluding tert-OH is 2. The van der Waals surface area contributed by atoms with Crippen molar-refractivity contribution in [2.75, 3.05) is 0 Å². The van der Waals surface area contributed by atoms with Crippen LogP contribution in [0.15, 0.2) is 0 Å². The number of rotatable bonds is 1. The molecule has 0 heterocycles. The summed E-state index contributed by atoms with van der Waals surface area (Å²) in [5, 5.41) is 41.3. The van der Waals surface area contributed by atoms with Gasteiger partial charge in [0.1, 0.15) is 0 Å². The van der Waals surface area contributed by atoms with Crippen LogP contribution in [0.3, 0.4) is 0 Å². The molecule has 19 heavy (non-hydrogen) atoms. The van der Waals surface area contributed by atoms with E-state index < -0.39 is 23.4 Å². The van der Waals surface area contributed by atoms with Gasteiger partial charge in [0.25, 0.3) is 0 Å². The normalized spacial score (nSPS) is 51.8. The summed E-state index contributed by atoms with van der Waals surface area (Å²) < 4.78 is 0. The van der Waals surface area contributed by atoms with Crippen LogP contribution in [0.25, 0.3) is 0 Å². The van der Waals surface area contributed by atoms with Gasteiger partial charge in [0, 0.05) is 6.42 Å². The van der Waals surface area contributed by atoms with Crippen LogP contribution in [0, 0.1) is 17.3 Å². The molecule has 2 fully saturated rings. The van der Waals surface area contributed by atoms with E-state index in [-0.39, 0.29) is 23.7 Å². The van der Waals surface area contributed by atoms with Gasteiger partial charge >= 0.3 is 0 Å². The molecule has 0 aliphatic heterocycles. The van der Waals surface area contributed by atoms with Gasteiger partial charge < -0.3 is 20.4 Å². The standard InChI is InChI=1S/C15H28O4/c1-13(2,18)9-5-6-14(3)10(7-9)15(4,19)12(17)8-11(14)16/h9-12,16-19H,5-8H2,1-4H3/t9-,10+,11+,12-,14+,15-/m1/s1. The summed E-state index contributed by atoms with van der Waals surface area (Å²) in [7, 11) is 0. The maximum absolute atomic E-state index is 10.7. The average molecular weight is 272 g/mol. The lowest BCUT2D eigenvalue weighted by Crippen LogP contribution is -2.64. The summed E-state index contributed by atoms with van der Waals surface area (Å²) in [6.45, 7) is 7.26. The second-order valence-corrected chi connectivity index (χ2v) is 7.68. The van der Waals surface area contributed by atoms with E-state index in [1.807, 2.05) is 6.92 Å². The summed E-state index contributed by atoms with van der Waals surface area (Å²) in [6.07, 6.45) is 1.00. The zero-order chi connectivity index (χ0) is 14.6. The molecule has 2 aliphatic rings. The Balaban J connectivity index is 2.31. The first-order chi connectivity index (χ1) is 8.49. The second kappa shape index (κ2) is 4.42. The number of fused-ring (bicyclic) bond motifs is 1. The Morgan fingerprint density at radius 1 is 1.05 bits per heavy atom. The largest absolute Gasteiger partial charge is 0.392 e. The van der Waals surface area contributed by atoms with E-state index in [1.54, 1.807) is 20.8 Å². The first-order valence-electron chi connectivity index (χ1n) is 7.30. The van der Waals surface area contributed by atoms with E-state index in [1.165, 1.54) is 0 Å². The van der Waals surface area contributed by atoms with Crippen LogP contribution in [0.4, 0.5) is 0 Å². The van der Waals surface area contributed by atoms with Gasteiger partial charge in [-0.2, -0.15) is 0 Å². The Labute approximate surface area is 115 Å². The quantitative estimate of drug-likeness (QED) is 0.575. The van der Waals surface area contributed by atoms with Crippen LogP contribution in [0.5, 0.6) is 0 Å². The highest BCUT2D eigenvalue weighted by molar-refractivity contribution is 5.09. The predicted molar refractivity (Wildman–Crippen MR) is 72.5 cm³/mol. The van der Waals surface area contributed by atoms with Crippen molar-refractivity contribution >= 4 is 0 Å². The summed E-state index contributed by atoms with van der Waals surface area (Å²) in [5.41, 5.74) is -2.35. The maximum Gasteiger partial charge on any atom is 0.0912 e. The lowest BCUT2D eigenvalue weighted by molar-refractivity contribution is -0.230. The van der Waals surface area contributed by atoms with Crippen molar-refractivity contribution in [3.05, 3.63) is 0 Å². The topological polar surface area (TPSA) is 80.9 Å². The first kappa shape index (κ1) is 15.2. The molecule has 2 saturated carbocycles. The fraction of sp³-hybridized carbons (Fsp3) is 1.00. The van der Waals surface area contributed by atoms with Crippen molar-refractivity contribution in [3.63, 3.8) is 0 Å². The monoisotopic (exact) mass is 272 g/mol. The van der Waals surface area contributed by atoms with Gasteiger partial charge in [0.15, 0.2) is 0 Å². The van der Waals surface area contributed by atoms with Gasteiger partial charge in [-0.15, -0.1) is 0 Å². The van der Waals surface area contributed by atoms with E-state index >= 15 is 0 Å². The number of aliphatic hydroxyl groups is 4. The Kier molecular flexibility index (Phi) is 3.54. The fourth-order valence-corrected chi connectivity index (χ4v) is 4.23. The fourth-order valence-electron chi connectivity index (χ4n) is 4.23. The summed E-state index contributed by atoms with van der Waals surface area (Å²) >= 11 is 0. The van der Waals surface area contributed by atoms with Crippen molar-refractivity contribution in [2.45, 2.75) is 76.8 Å². The van der Waals surface area contributed by atoms with Crippen LogP contribution in [-0.4, -0.2) is 43.8 Å². The number of hydrogen-bond donors (Lipinski definition) is 4. The minimum atomic E-state index is -1.20. The molecule has 0 radical (unpaired) electrons. The van der Waals surface area contributed by atoms with E-state index in [9.17, 15) is 20.4 Å². The molecule has 0 saturated heterocycles. The van der Waals surface area contributed by atoms with Gasteiger partial charge in [-0.05, 0) is 57.3 Å². The second-order valence-electron chi connectivity index (χ2n) is 7.68. The highest BCUT2D eigenvalue weighted by atomic mass is 16.3. The molecule has 0 aromatic carbocycles. The third kappa shape index (κ3) is 2.33.